The van der Waals surface area contributed by atoms with E-state index in [-0.39, 0.29) is 39.7 Å². The minimum absolute atomic E-state index is 0. The molecule has 2 aliphatic rings. The Morgan fingerprint density at radius 2 is 1.57 bits per heavy atom. The van der Waals surface area contributed by atoms with Gasteiger partial charge in [-0.2, -0.15) is 6.07 Å². The molecule has 1 aliphatic carbocycles. The molecule has 0 saturated carbocycles. The molecule has 0 unspecified atom stereocenters. The summed E-state index contributed by atoms with van der Waals surface area (Å²) in [6.07, 6.45) is 8.05. The van der Waals surface area contributed by atoms with Gasteiger partial charge in [0.2, 0.25) is 0 Å². The average molecular weight is 630 g/mol. The van der Waals surface area contributed by atoms with Crippen molar-refractivity contribution in [2.45, 2.75) is 47.6 Å². The summed E-state index contributed by atoms with van der Waals surface area (Å²) in [5, 5.41) is 2.75. The zero-order valence-electron chi connectivity index (χ0n) is 23.5. The number of hydrogen-bond acceptors (Lipinski definition) is 1. The van der Waals surface area contributed by atoms with Gasteiger partial charge >= 0.3 is 30.2 Å². The number of nitrogens with zero attached hydrogens (tertiary/aromatic N) is 1. The Balaban J connectivity index is 0. The van der Waals surface area contributed by atoms with E-state index in [1.165, 1.54) is 73.2 Å². The van der Waals surface area contributed by atoms with Crippen LogP contribution < -0.4 is 0 Å². The maximum atomic E-state index is 3.48. The summed E-state index contributed by atoms with van der Waals surface area (Å²) >= 11 is 1.36. The van der Waals surface area contributed by atoms with E-state index in [4.69, 9.17) is 0 Å². The Kier molecular flexibility index (Phi) is 17.8. The summed E-state index contributed by atoms with van der Waals surface area (Å²) in [5.74, 6) is 0.586. The van der Waals surface area contributed by atoms with E-state index in [1.807, 2.05) is 0 Å². The van der Waals surface area contributed by atoms with Gasteiger partial charge in [-0.3, -0.25) is 0 Å². The van der Waals surface area contributed by atoms with Gasteiger partial charge in [0.15, 0.2) is 0 Å². The van der Waals surface area contributed by atoms with Crippen LogP contribution in [0.15, 0.2) is 83.6 Å². The first-order valence-electron chi connectivity index (χ1n) is 11.6. The molecule has 2 radical (unpaired) electrons. The van der Waals surface area contributed by atoms with Crippen LogP contribution in [0.25, 0.3) is 21.9 Å². The summed E-state index contributed by atoms with van der Waals surface area (Å²) in [7, 11) is 0. The van der Waals surface area contributed by atoms with Gasteiger partial charge in [-0.05, 0) is 31.9 Å². The summed E-state index contributed by atoms with van der Waals surface area (Å²) in [5.41, 5.74) is 9.35. The first kappa shape index (κ1) is 37.9. The van der Waals surface area contributed by atoms with Crippen LogP contribution in [0, 0.1) is 40.7 Å². The third kappa shape index (κ3) is 8.89. The summed E-state index contributed by atoms with van der Waals surface area (Å²) in [6.45, 7) is 17.4. The first-order valence-corrected chi connectivity index (χ1v) is 15.8. The molecule has 1 aliphatic heterocycles. The Hall–Kier alpha value is -1.25. The second kappa shape index (κ2) is 17.4. The third-order valence-corrected chi connectivity index (χ3v) is 6.23. The van der Waals surface area contributed by atoms with Crippen molar-refractivity contribution in [1.82, 2.24) is 4.90 Å². The molecule has 0 amide bonds. The van der Waals surface area contributed by atoms with Gasteiger partial charge in [-0.25, -0.2) is 0 Å². The molecule has 0 fully saturated rings. The van der Waals surface area contributed by atoms with Crippen molar-refractivity contribution in [2.75, 3.05) is 6.54 Å². The number of allylic oxidation sites excluding steroid dienone is 3. The van der Waals surface area contributed by atoms with E-state index in [9.17, 15) is 0 Å². The van der Waals surface area contributed by atoms with Crippen molar-refractivity contribution in [3.8, 4) is 11.1 Å². The molecule has 5 heteroatoms. The van der Waals surface area contributed by atoms with Crippen molar-refractivity contribution in [3.05, 3.63) is 116 Å². The number of rotatable bonds is 3. The van der Waals surface area contributed by atoms with Crippen molar-refractivity contribution in [3.63, 3.8) is 0 Å². The Bertz CT molecular complexity index is 1210. The fraction of sp³-hybridized carbons (Fsp3) is 0.281. The SMILES string of the molecule is CC(C)C1=[C-]C2=CCN(C(C)C)C2=C1.Cc1cc2c(-c3ccccc3)ccc(C)c2[cH-]1.Cl.Cl.[CH3-].[CH3-].[Si]=[Zr]. The maximum absolute atomic E-state index is 3.48. The second-order valence-corrected chi connectivity index (χ2v) is 9.28. The molecule has 1 nitrogen and oxygen atoms in total. The van der Waals surface area contributed by atoms with Crippen molar-refractivity contribution in [2.24, 2.45) is 5.92 Å². The third-order valence-electron chi connectivity index (χ3n) is 6.23. The number of fused-ring (bicyclic) bond motifs is 2. The van der Waals surface area contributed by atoms with Crippen LogP contribution in [-0.4, -0.2) is 24.4 Å². The predicted octanol–water partition coefficient (Wildman–Crippen LogP) is 9.12. The number of aryl methyl sites for hydroxylation is 2. The minimum atomic E-state index is 0. The van der Waals surface area contributed by atoms with Gasteiger partial charge in [-0.1, -0.05) is 75.4 Å². The fourth-order valence-electron chi connectivity index (χ4n) is 4.42. The van der Waals surface area contributed by atoms with E-state index in [2.05, 4.69) is 126 Å². The summed E-state index contributed by atoms with van der Waals surface area (Å²) < 4.78 is 0. The van der Waals surface area contributed by atoms with E-state index in [1.54, 1.807) is 0 Å². The van der Waals surface area contributed by atoms with E-state index < -0.39 is 0 Å². The normalized spacial score (nSPS) is 12.7. The standard InChI is InChI=1S/C17H15.C13H18N.2CH3.2ClH.Si.Zr/c1-12-10-16-13(2)8-9-15(17(16)11-12)14-6-4-3-5-7-14;1-9(2)12-7-11-5-6-14(10(3)4)13(11)8-12;;;;;;/h3-11H,1-2H3;5,8-10H,6H2,1-4H3;2*1H3;2*1H;;/q4*-1;;;;. The molecule has 0 bridgehead atoms. The molecule has 200 valence electrons. The van der Waals surface area contributed by atoms with Gasteiger partial charge in [0.25, 0.3) is 0 Å². The Morgan fingerprint density at radius 1 is 0.946 bits per heavy atom. The first-order chi connectivity index (χ1) is 15.8. The molecule has 3 aromatic rings. The van der Waals surface area contributed by atoms with Gasteiger partial charge in [0.05, 0.1) is 0 Å². The van der Waals surface area contributed by atoms with Crippen LogP contribution in [0.4, 0.5) is 0 Å². The zero-order chi connectivity index (χ0) is 24.1. The van der Waals surface area contributed by atoms with Crippen LogP contribution in [0.1, 0.15) is 38.8 Å². The zero-order valence-corrected chi connectivity index (χ0v) is 28.6. The van der Waals surface area contributed by atoms with E-state index >= 15 is 0 Å². The number of benzene rings is 2. The fourth-order valence-corrected chi connectivity index (χ4v) is 4.42. The van der Waals surface area contributed by atoms with Crippen molar-refractivity contribution < 1.29 is 23.3 Å². The second-order valence-electron chi connectivity index (χ2n) is 9.28. The van der Waals surface area contributed by atoms with Crippen LogP contribution in [0.2, 0.25) is 0 Å². The van der Waals surface area contributed by atoms with Crippen molar-refractivity contribution in [1.29, 1.82) is 0 Å². The molecule has 0 atom stereocenters. The summed E-state index contributed by atoms with van der Waals surface area (Å²) in [6, 6.07) is 20.2. The predicted molar refractivity (Wildman–Crippen MR) is 167 cm³/mol. The molecular formula is C32H41Cl2NSiZr-4. The topological polar surface area (TPSA) is 3.24 Å². The molecule has 0 N–H and O–H groups in total. The monoisotopic (exact) mass is 627 g/mol. The Morgan fingerprint density at radius 3 is 2.14 bits per heavy atom. The van der Waals surface area contributed by atoms with Gasteiger partial charge in [-0.15, -0.1) is 88.2 Å². The molecule has 3 aromatic carbocycles. The summed E-state index contributed by atoms with van der Waals surface area (Å²) in [4.78, 5) is 2.43. The van der Waals surface area contributed by atoms with Gasteiger partial charge < -0.3 is 19.8 Å². The van der Waals surface area contributed by atoms with Gasteiger partial charge in [0.1, 0.15) is 0 Å². The molecule has 0 spiro atoms. The van der Waals surface area contributed by atoms with Crippen LogP contribution in [0.3, 0.4) is 0 Å². The van der Waals surface area contributed by atoms with Gasteiger partial charge in [0, 0.05) is 6.04 Å². The average Bonchev–Trinajstić information content (AvgIpc) is 3.50. The molecule has 5 rings (SSSR count). The molecule has 1 heterocycles. The number of hydrogen-bond donors (Lipinski definition) is 0. The molecular weight excluding hydrogens is 589 g/mol. The quantitative estimate of drug-likeness (QED) is 0.206. The molecule has 0 saturated heterocycles. The van der Waals surface area contributed by atoms with E-state index in [0.29, 0.717) is 12.0 Å². The Labute approximate surface area is 255 Å². The van der Waals surface area contributed by atoms with E-state index in [0.717, 1.165) is 6.54 Å². The molecule has 0 aromatic heterocycles. The number of halogens is 2. The van der Waals surface area contributed by atoms with Crippen molar-refractivity contribution >= 4 is 42.5 Å². The van der Waals surface area contributed by atoms with Crippen LogP contribution in [-0.2, 0) is 23.3 Å². The van der Waals surface area contributed by atoms with Crippen LogP contribution in [0.5, 0.6) is 0 Å². The van der Waals surface area contributed by atoms with Crippen LogP contribution >= 0.6 is 24.8 Å². The molecule has 37 heavy (non-hydrogen) atoms.